The highest BCUT2D eigenvalue weighted by molar-refractivity contribution is 5.88. The van der Waals surface area contributed by atoms with Gasteiger partial charge in [-0.25, -0.2) is 4.79 Å². The van der Waals surface area contributed by atoms with E-state index in [1.54, 1.807) is 17.0 Å². The Morgan fingerprint density at radius 2 is 1.82 bits per heavy atom. The van der Waals surface area contributed by atoms with Crippen LogP contribution in [0.4, 0.5) is 0 Å². The van der Waals surface area contributed by atoms with E-state index in [1.165, 1.54) is 0 Å². The molecule has 5 rings (SSSR count). The van der Waals surface area contributed by atoms with Crippen LogP contribution < -0.4 is 21.0 Å². The molecule has 0 bridgehead atoms. The summed E-state index contributed by atoms with van der Waals surface area (Å²) in [7, 11) is 0. The van der Waals surface area contributed by atoms with Crippen LogP contribution in [0.5, 0.6) is 5.75 Å². The summed E-state index contributed by atoms with van der Waals surface area (Å²) in [5.41, 5.74) is 1.24. The van der Waals surface area contributed by atoms with Crippen molar-refractivity contribution >= 4 is 28.7 Å². The van der Waals surface area contributed by atoms with Crippen LogP contribution in [0.25, 0.3) is 11.0 Å². The van der Waals surface area contributed by atoms with Crippen molar-refractivity contribution in [2.45, 2.75) is 63.4 Å². The maximum atomic E-state index is 12.6. The molecule has 1 aromatic heterocycles. The minimum atomic E-state index is -0.662. The lowest BCUT2D eigenvalue weighted by Gasteiger charge is -2.47. The van der Waals surface area contributed by atoms with Gasteiger partial charge in [-0.05, 0) is 62.6 Å². The molecular weight excluding hydrogens is 490 g/mol. The molecule has 2 atom stereocenters. The monoisotopic (exact) mass is 525 g/mol. The van der Waals surface area contributed by atoms with E-state index in [4.69, 9.17) is 9.15 Å². The van der Waals surface area contributed by atoms with E-state index in [9.17, 15) is 24.3 Å². The summed E-state index contributed by atoms with van der Waals surface area (Å²) in [6.07, 6.45) is 7.96. The number of hydrogen-bond donors (Lipinski definition) is 3. The average Bonchev–Trinajstić information content (AvgIpc) is 2.93. The standard InChI is InChI=1S/C28H35N3O7/c32-24(30-15-26(34)31-12-11-28(36)10-4-3-5-18(28)16-31)14-29-25(33)17-37-19-8-9-21-20-6-1-2-7-22(20)27(35)38-23(21)13-19/h8-9,13,18,36H,1-7,10-12,14-17H2,(H,29,33)(H,30,32). The van der Waals surface area contributed by atoms with Gasteiger partial charge in [-0.3, -0.25) is 14.4 Å². The topological polar surface area (TPSA) is 138 Å². The molecule has 0 radical (unpaired) electrons. The van der Waals surface area contributed by atoms with Crippen LogP contribution in [0, 0.1) is 5.92 Å². The molecule has 1 aromatic carbocycles. The normalized spacial score (nSPS) is 22.8. The number of amides is 3. The number of hydrogen-bond acceptors (Lipinski definition) is 7. The van der Waals surface area contributed by atoms with Gasteiger partial charge in [-0.2, -0.15) is 0 Å². The summed E-state index contributed by atoms with van der Waals surface area (Å²) in [4.78, 5) is 50.9. The molecule has 2 heterocycles. The van der Waals surface area contributed by atoms with Gasteiger partial charge in [0.1, 0.15) is 11.3 Å². The third-order valence-electron chi connectivity index (χ3n) is 8.23. The Morgan fingerprint density at radius 3 is 2.66 bits per heavy atom. The number of fused-ring (bicyclic) bond motifs is 4. The first-order valence-corrected chi connectivity index (χ1v) is 13.6. The Morgan fingerprint density at radius 1 is 1.03 bits per heavy atom. The summed E-state index contributed by atoms with van der Waals surface area (Å²) in [6.45, 7) is 0.250. The second-order valence-electron chi connectivity index (χ2n) is 10.7. The average molecular weight is 526 g/mol. The molecule has 2 fully saturated rings. The van der Waals surface area contributed by atoms with Crippen molar-refractivity contribution in [3.63, 3.8) is 0 Å². The first-order chi connectivity index (χ1) is 18.3. The predicted molar refractivity (Wildman–Crippen MR) is 139 cm³/mol. The highest BCUT2D eigenvalue weighted by Gasteiger charge is 2.43. The van der Waals surface area contributed by atoms with Crippen molar-refractivity contribution in [3.05, 3.63) is 39.7 Å². The van der Waals surface area contributed by atoms with E-state index in [2.05, 4.69) is 10.6 Å². The van der Waals surface area contributed by atoms with E-state index < -0.39 is 17.4 Å². The van der Waals surface area contributed by atoms with Crippen LogP contribution in [0.15, 0.2) is 27.4 Å². The predicted octanol–water partition coefficient (Wildman–Crippen LogP) is 1.44. The van der Waals surface area contributed by atoms with Crippen LogP contribution in [-0.2, 0) is 27.2 Å². The lowest BCUT2D eigenvalue weighted by Crippen LogP contribution is -2.56. The fourth-order valence-electron chi connectivity index (χ4n) is 6.04. The molecular formula is C28H35N3O7. The molecule has 0 spiro atoms. The fraction of sp³-hybridized carbons (Fsp3) is 0.571. The number of nitrogens with zero attached hydrogens (tertiary/aromatic N) is 1. The molecule has 1 aliphatic heterocycles. The molecule has 2 aromatic rings. The number of likely N-dealkylation sites (tertiary alicyclic amines) is 1. The van der Waals surface area contributed by atoms with Gasteiger partial charge in [0.05, 0.1) is 18.7 Å². The van der Waals surface area contributed by atoms with Gasteiger partial charge >= 0.3 is 5.63 Å². The van der Waals surface area contributed by atoms with E-state index in [0.717, 1.165) is 67.9 Å². The molecule has 1 saturated carbocycles. The van der Waals surface area contributed by atoms with Crippen LogP contribution in [0.2, 0.25) is 0 Å². The number of nitrogens with one attached hydrogen (secondary N) is 2. The van der Waals surface area contributed by atoms with E-state index in [1.807, 2.05) is 6.07 Å². The van der Waals surface area contributed by atoms with Gasteiger partial charge in [0.15, 0.2) is 6.61 Å². The van der Waals surface area contributed by atoms with Crippen LogP contribution in [0.1, 0.15) is 56.1 Å². The number of carbonyl (C=O) groups excluding carboxylic acids is 3. The van der Waals surface area contributed by atoms with E-state index >= 15 is 0 Å². The van der Waals surface area contributed by atoms with E-state index in [0.29, 0.717) is 30.8 Å². The first kappa shape index (κ1) is 26.2. The second-order valence-corrected chi connectivity index (χ2v) is 10.7. The van der Waals surface area contributed by atoms with Crippen molar-refractivity contribution in [1.82, 2.24) is 15.5 Å². The number of benzene rings is 1. The van der Waals surface area contributed by atoms with Crippen molar-refractivity contribution in [3.8, 4) is 5.75 Å². The Labute approximate surface area is 220 Å². The molecule has 38 heavy (non-hydrogen) atoms. The molecule has 2 aliphatic carbocycles. The summed E-state index contributed by atoms with van der Waals surface area (Å²) in [5, 5.41) is 16.7. The maximum absolute atomic E-state index is 12.6. The lowest BCUT2D eigenvalue weighted by molar-refractivity contribution is -0.143. The summed E-state index contributed by atoms with van der Waals surface area (Å²) >= 11 is 0. The van der Waals surface area contributed by atoms with Gasteiger partial charge in [0, 0.05) is 36.0 Å². The maximum Gasteiger partial charge on any atom is 0.339 e. The number of aliphatic hydroxyl groups is 1. The quantitative estimate of drug-likeness (QED) is 0.465. The summed E-state index contributed by atoms with van der Waals surface area (Å²) < 4.78 is 11.0. The van der Waals surface area contributed by atoms with Gasteiger partial charge in [0.2, 0.25) is 11.8 Å². The Hall–Kier alpha value is -3.40. The number of aryl methyl sites for hydroxylation is 1. The molecule has 3 amide bonds. The van der Waals surface area contributed by atoms with Crippen LogP contribution >= 0.6 is 0 Å². The first-order valence-electron chi connectivity index (χ1n) is 13.6. The molecule has 1 saturated heterocycles. The zero-order chi connectivity index (χ0) is 26.7. The molecule has 10 heteroatoms. The molecule has 204 valence electrons. The number of ether oxygens (including phenoxy) is 1. The van der Waals surface area contributed by atoms with Crippen molar-refractivity contribution in [1.29, 1.82) is 0 Å². The van der Waals surface area contributed by atoms with E-state index in [-0.39, 0.29) is 37.1 Å². The Kier molecular flexibility index (Phi) is 7.69. The van der Waals surface area contributed by atoms with Crippen molar-refractivity contribution < 1.29 is 28.6 Å². The summed E-state index contributed by atoms with van der Waals surface area (Å²) in [6, 6.07) is 5.18. The third kappa shape index (κ3) is 5.70. The molecule has 10 nitrogen and oxygen atoms in total. The highest BCUT2D eigenvalue weighted by Crippen LogP contribution is 2.39. The minimum absolute atomic E-state index is 0.0907. The molecule has 2 unspecified atom stereocenters. The number of rotatable bonds is 7. The Bertz CT molecular complexity index is 1290. The largest absolute Gasteiger partial charge is 0.484 e. The van der Waals surface area contributed by atoms with Gasteiger partial charge in [0.25, 0.3) is 5.91 Å². The number of piperidine rings is 1. The Balaban J connectivity index is 1.05. The zero-order valence-electron chi connectivity index (χ0n) is 21.6. The third-order valence-corrected chi connectivity index (χ3v) is 8.23. The second kappa shape index (κ2) is 11.1. The van der Waals surface area contributed by atoms with Crippen molar-refractivity contribution in [2.24, 2.45) is 5.92 Å². The minimum Gasteiger partial charge on any atom is -0.484 e. The summed E-state index contributed by atoms with van der Waals surface area (Å²) in [5.74, 6) is -0.688. The number of carbonyl (C=O) groups is 3. The fourth-order valence-corrected chi connectivity index (χ4v) is 6.04. The van der Waals surface area contributed by atoms with Gasteiger partial charge < -0.3 is 29.8 Å². The highest BCUT2D eigenvalue weighted by atomic mass is 16.5. The van der Waals surface area contributed by atoms with Crippen LogP contribution in [0.3, 0.4) is 0 Å². The van der Waals surface area contributed by atoms with Crippen LogP contribution in [-0.4, -0.2) is 66.1 Å². The van der Waals surface area contributed by atoms with Gasteiger partial charge in [-0.15, -0.1) is 0 Å². The SMILES string of the molecule is O=C(CNC(=O)COc1ccc2c3c(c(=O)oc2c1)CCCC3)NCC(=O)N1CCC2(O)CCCCC2C1. The zero-order valence-corrected chi connectivity index (χ0v) is 21.6. The molecule has 3 N–H and O–H groups in total. The lowest BCUT2D eigenvalue weighted by atomic mass is 9.71. The smallest absolute Gasteiger partial charge is 0.339 e. The van der Waals surface area contributed by atoms with Gasteiger partial charge in [-0.1, -0.05) is 12.8 Å². The van der Waals surface area contributed by atoms with Crippen molar-refractivity contribution in [2.75, 3.05) is 32.8 Å². The molecule has 3 aliphatic rings.